The first-order chi connectivity index (χ1) is 14.5. The Kier molecular flexibility index (Phi) is 6.15. The van der Waals surface area contributed by atoms with Crippen LogP contribution in [0.5, 0.6) is 0 Å². The third-order valence-electron chi connectivity index (χ3n) is 5.92. The number of nitrogens with zero attached hydrogens (tertiary/aromatic N) is 3. The molecule has 0 spiro atoms. The SMILES string of the molecule is CN(CC(=O)Nc1ccc(N2CCOCC2)cc1)CN1C(=O)C2CC=CCC2C1=O. The predicted octanol–water partition coefficient (Wildman–Crippen LogP) is 1.30. The lowest BCUT2D eigenvalue weighted by molar-refractivity contribution is -0.142. The van der Waals surface area contributed by atoms with Gasteiger partial charge in [0.25, 0.3) is 0 Å². The Labute approximate surface area is 176 Å². The first-order valence-electron chi connectivity index (χ1n) is 10.4. The molecule has 0 saturated carbocycles. The maximum atomic E-state index is 12.6. The Morgan fingerprint density at radius 2 is 1.67 bits per heavy atom. The molecular weight excluding hydrogens is 384 g/mol. The van der Waals surface area contributed by atoms with E-state index in [0.29, 0.717) is 12.8 Å². The van der Waals surface area contributed by atoms with Crippen LogP contribution in [-0.4, -0.2) is 74.1 Å². The number of hydrogen-bond donors (Lipinski definition) is 1. The number of ether oxygens (including phenoxy) is 1. The molecule has 2 aliphatic heterocycles. The molecule has 30 heavy (non-hydrogen) atoms. The third-order valence-corrected chi connectivity index (χ3v) is 5.92. The number of rotatable bonds is 6. The zero-order valence-electron chi connectivity index (χ0n) is 17.3. The van der Waals surface area contributed by atoms with Gasteiger partial charge in [0.2, 0.25) is 17.7 Å². The average molecular weight is 412 g/mol. The number of anilines is 2. The number of imide groups is 1. The van der Waals surface area contributed by atoms with Gasteiger partial charge in [-0.05, 0) is 44.2 Å². The standard InChI is InChI=1S/C22H28N4O4/c1-24(15-26-21(28)18-4-2-3-5-19(18)22(26)29)14-20(27)23-16-6-8-17(9-7-16)25-10-12-30-13-11-25/h2-3,6-9,18-19H,4-5,10-15H2,1H3,(H,23,27). The van der Waals surface area contributed by atoms with Crippen molar-refractivity contribution in [2.24, 2.45) is 11.8 Å². The van der Waals surface area contributed by atoms with Crippen LogP contribution in [-0.2, 0) is 19.1 Å². The molecule has 4 rings (SSSR count). The van der Waals surface area contributed by atoms with Crippen LogP contribution in [0.3, 0.4) is 0 Å². The fraction of sp³-hybridized carbons (Fsp3) is 0.500. The quantitative estimate of drug-likeness (QED) is 0.560. The Hall–Kier alpha value is -2.71. The summed E-state index contributed by atoms with van der Waals surface area (Å²) in [5.74, 6) is -0.917. The van der Waals surface area contributed by atoms with Crippen molar-refractivity contribution in [2.45, 2.75) is 12.8 Å². The molecule has 8 heteroatoms. The number of carbonyl (C=O) groups is 3. The van der Waals surface area contributed by atoms with Crippen LogP contribution in [0.4, 0.5) is 11.4 Å². The lowest BCUT2D eigenvalue weighted by Gasteiger charge is -2.29. The van der Waals surface area contributed by atoms with Crippen LogP contribution in [0.25, 0.3) is 0 Å². The Morgan fingerprint density at radius 1 is 1.07 bits per heavy atom. The highest BCUT2D eigenvalue weighted by atomic mass is 16.5. The molecule has 2 heterocycles. The second kappa shape index (κ2) is 8.97. The smallest absolute Gasteiger partial charge is 0.238 e. The zero-order valence-corrected chi connectivity index (χ0v) is 17.3. The largest absolute Gasteiger partial charge is 0.378 e. The summed E-state index contributed by atoms with van der Waals surface area (Å²) in [6, 6.07) is 7.74. The topological polar surface area (TPSA) is 82.2 Å². The number of hydrogen-bond acceptors (Lipinski definition) is 6. The first-order valence-corrected chi connectivity index (χ1v) is 10.4. The van der Waals surface area contributed by atoms with Crippen molar-refractivity contribution in [1.29, 1.82) is 0 Å². The molecule has 0 aromatic heterocycles. The Balaban J connectivity index is 1.27. The van der Waals surface area contributed by atoms with Crippen molar-refractivity contribution < 1.29 is 19.1 Å². The van der Waals surface area contributed by atoms with Crippen molar-refractivity contribution in [3.8, 4) is 0 Å². The lowest BCUT2D eigenvalue weighted by atomic mass is 9.85. The minimum absolute atomic E-state index is 0.0931. The third kappa shape index (κ3) is 4.39. The number of fused-ring (bicyclic) bond motifs is 1. The molecule has 8 nitrogen and oxygen atoms in total. The molecule has 3 aliphatic rings. The van der Waals surface area contributed by atoms with E-state index in [0.717, 1.165) is 37.7 Å². The van der Waals surface area contributed by atoms with Gasteiger partial charge in [-0.15, -0.1) is 0 Å². The van der Waals surface area contributed by atoms with Crippen LogP contribution in [0.2, 0.25) is 0 Å². The van der Waals surface area contributed by atoms with E-state index < -0.39 is 0 Å². The van der Waals surface area contributed by atoms with Crippen LogP contribution < -0.4 is 10.2 Å². The molecule has 1 aromatic rings. The molecule has 2 fully saturated rings. The molecular formula is C22H28N4O4. The van der Waals surface area contributed by atoms with Crippen LogP contribution in [0.15, 0.2) is 36.4 Å². The molecule has 160 valence electrons. The summed E-state index contributed by atoms with van der Waals surface area (Å²) < 4.78 is 5.37. The maximum absolute atomic E-state index is 12.6. The van der Waals surface area contributed by atoms with E-state index in [1.54, 1.807) is 11.9 Å². The lowest BCUT2D eigenvalue weighted by Crippen LogP contribution is -2.42. The number of amides is 3. The summed E-state index contributed by atoms with van der Waals surface area (Å²) in [5, 5.41) is 2.88. The van der Waals surface area contributed by atoms with Gasteiger partial charge in [-0.2, -0.15) is 0 Å². The van der Waals surface area contributed by atoms with E-state index in [4.69, 9.17) is 4.74 Å². The van der Waals surface area contributed by atoms with Crippen LogP contribution >= 0.6 is 0 Å². The van der Waals surface area contributed by atoms with E-state index in [2.05, 4.69) is 10.2 Å². The van der Waals surface area contributed by atoms with Gasteiger partial charge in [0.05, 0.1) is 38.3 Å². The van der Waals surface area contributed by atoms with E-state index in [9.17, 15) is 14.4 Å². The Morgan fingerprint density at radius 3 is 2.27 bits per heavy atom. The highest BCUT2D eigenvalue weighted by Gasteiger charge is 2.47. The second-order valence-corrected chi connectivity index (χ2v) is 8.11. The molecule has 1 aliphatic carbocycles. The zero-order chi connectivity index (χ0) is 21.1. The molecule has 1 aromatic carbocycles. The Bertz CT molecular complexity index is 806. The summed E-state index contributed by atoms with van der Waals surface area (Å²) in [6.07, 6.45) is 5.18. The van der Waals surface area contributed by atoms with Gasteiger partial charge in [0.1, 0.15) is 0 Å². The number of benzene rings is 1. The van der Waals surface area contributed by atoms with Gasteiger partial charge in [-0.3, -0.25) is 24.2 Å². The molecule has 2 atom stereocenters. The van der Waals surface area contributed by atoms with Gasteiger partial charge >= 0.3 is 0 Å². The van der Waals surface area contributed by atoms with Crippen molar-refractivity contribution in [2.75, 3.05) is 56.8 Å². The number of carbonyl (C=O) groups excluding carboxylic acids is 3. The van der Waals surface area contributed by atoms with Crippen LogP contribution in [0.1, 0.15) is 12.8 Å². The molecule has 0 bridgehead atoms. The highest BCUT2D eigenvalue weighted by Crippen LogP contribution is 2.34. The fourth-order valence-corrected chi connectivity index (χ4v) is 4.32. The summed E-state index contributed by atoms with van der Waals surface area (Å²) in [7, 11) is 1.74. The summed E-state index contributed by atoms with van der Waals surface area (Å²) in [6.45, 7) is 3.41. The van der Waals surface area contributed by atoms with Gasteiger partial charge in [-0.25, -0.2) is 0 Å². The first kappa shape index (κ1) is 20.6. The molecule has 3 amide bonds. The monoisotopic (exact) mass is 412 g/mol. The van der Waals surface area contributed by atoms with Gasteiger partial charge < -0.3 is 15.0 Å². The minimum Gasteiger partial charge on any atom is -0.378 e. The number of likely N-dealkylation sites (N-methyl/N-ethyl adjacent to an activating group) is 1. The highest BCUT2D eigenvalue weighted by molar-refractivity contribution is 6.05. The second-order valence-electron chi connectivity index (χ2n) is 8.11. The summed E-state index contributed by atoms with van der Waals surface area (Å²) >= 11 is 0. The van der Waals surface area contributed by atoms with Gasteiger partial charge in [0, 0.05) is 24.5 Å². The number of likely N-dealkylation sites (tertiary alicyclic amines) is 1. The molecule has 2 saturated heterocycles. The molecule has 1 N–H and O–H groups in total. The predicted molar refractivity (Wildman–Crippen MR) is 113 cm³/mol. The van der Waals surface area contributed by atoms with Crippen molar-refractivity contribution in [3.05, 3.63) is 36.4 Å². The van der Waals surface area contributed by atoms with Crippen LogP contribution in [0, 0.1) is 11.8 Å². The van der Waals surface area contributed by atoms with E-state index in [1.165, 1.54) is 4.90 Å². The normalized spacial score (nSPS) is 23.8. The molecule has 2 unspecified atom stereocenters. The molecule has 0 radical (unpaired) electrons. The van der Waals surface area contributed by atoms with Gasteiger partial charge in [0.15, 0.2) is 0 Å². The van der Waals surface area contributed by atoms with Crippen molar-refractivity contribution in [1.82, 2.24) is 9.80 Å². The maximum Gasteiger partial charge on any atom is 0.238 e. The van der Waals surface area contributed by atoms with Crippen molar-refractivity contribution in [3.63, 3.8) is 0 Å². The average Bonchev–Trinajstić information content (AvgIpc) is 3.00. The van der Waals surface area contributed by atoms with E-state index in [-0.39, 0.29) is 42.8 Å². The number of allylic oxidation sites excluding steroid dienone is 2. The number of nitrogens with one attached hydrogen (secondary N) is 1. The minimum atomic E-state index is -0.241. The van der Waals surface area contributed by atoms with Crippen molar-refractivity contribution >= 4 is 29.1 Å². The van der Waals surface area contributed by atoms with E-state index in [1.807, 2.05) is 36.4 Å². The summed E-state index contributed by atoms with van der Waals surface area (Å²) in [5.41, 5.74) is 1.83. The summed E-state index contributed by atoms with van der Waals surface area (Å²) in [4.78, 5) is 42.8. The number of morpholine rings is 1. The fourth-order valence-electron chi connectivity index (χ4n) is 4.32. The van der Waals surface area contributed by atoms with E-state index >= 15 is 0 Å². The van der Waals surface area contributed by atoms with Gasteiger partial charge in [-0.1, -0.05) is 12.2 Å².